The molecule has 0 aliphatic rings. The maximum atomic E-state index is 11.7. The van der Waals surface area contributed by atoms with Gasteiger partial charge in [-0.15, -0.1) is 0 Å². The number of aliphatic carboxylic acids is 1. The molecule has 0 unspecified atom stereocenters. The van der Waals surface area contributed by atoms with Gasteiger partial charge in [0.1, 0.15) is 0 Å². The van der Waals surface area contributed by atoms with E-state index in [0.717, 1.165) is 0 Å². The third-order valence-electron chi connectivity index (χ3n) is 2.40. The van der Waals surface area contributed by atoms with Crippen molar-refractivity contribution in [1.82, 2.24) is 5.32 Å². The number of carbonyl (C=O) groups excluding carboxylic acids is 1. The van der Waals surface area contributed by atoms with Crippen LogP contribution in [0.4, 0.5) is 0 Å². The summed E-state index contributed by atoms with van der Waals surface area (Å²) in [5, 5.41) is 11.5. The Labute approximate surface area is 103 Å². The van der Waals surface area contributed by atoms with E-state index in [1.807, 2.05) is 0 Å². The van der Waals surface area contributed by atoms with Gasteiger partial charge in [0.2, 0.25) is 0 Å². The average molecular weight is 245 g/mol. The van der Waals surface area contributed by atoms with Crippen LogP contribution in [0.1, 0.15) is 22.2 Å². The number of nitrogens with one attached hydrogen (secondary N) is 1. The van der Waals surface area contributed by atoms with Crippen molar-refractivity contribution in [1.29, 1.82) is 0 Å². The molecule has 1 heterocycles. The van der Waals surface area contributed by atoms with E-state index in [1.165, 1.54) is 12.3 Å². The zero-order valence-electron chi connectivity index (χ0n) is 9.37. The topological polar surface area (TPSA) is 79.5 Å². The van der Waals surface area contributed by atoms with Crippen molar-refractivity contribution >= 4 is 11.9 Å². The molecule has 5 heteroatoms. The number of benzene rings is 1. The molecule has 1 amide bonds. The van der Waals surface area contributed by atoms with Gasteiger partial charge in [-0.2, -0.15) is 0 Å². The van der Waals surface area contributed by atoms with Gasteiger partial charge in [-0.25, -0.2) is 4.79 Å². The molecule has 0 aliphatic heterocycles. The summed E-state index contributed by atoms with van der Waals surface area (Å²) in [5.74, 6) is -1.60. The first kappa shape index (κ1) is 11.9. The number of rotatable bonds is 4. The molecule has 0 radical (unpaired) electrons. The van der Waals surface area contributed by atoms with Crippen molar-refractivity contribution in [3.63, 3.8) is 0 Å². The first-order chi connectivity index (χ1) is 8.68. The highest BCUT2D eigenvalue weighted by Gasteiger charge is 2.23. The molecule has 2 aromatic rings. The van der Waals surface area contributed by atoms with Crippen molar-refractivity contribution in [3.8, 4) is 0 Å². The molecule has 0 aliphatic carbocycles. The minimum atomic E-state index is -1.12. The van der Waals surface area contributed by atoms with Gasteiger partial charge in [-0.1, -0.05) is 30.3 Å². The van der Waals surface area contributed by atoms with E-state index in [4.69, 9.17) is 9.52 Å². The Morgan fingerprint density at radius 1 is 1.11 bits per heavy atom. The molecule has 0 fully saturated rings. The second kappa shape index (κ2) is 5.18. The Morgan fingerprint density at radius 2 is 1.83 bits per heavy atom. The maximum Gasteiger partial charge on any atom is 0.330 e. The van der Waals surface area contributed by atoms with Gasteiger partial charge in [-0.3, -0.25) is 4.79 Å². The Bertz CT molecular complexity index is 533. The summed E-state index contributed by atoms with van der Waals surface area (Å²) < 4.78 is 4.91. The number of hydrogen-bond donors (Lipinski definition) is 2. The number of carboxylic acids is 1. The largest absolute Gasteiger partial charge is 0.479 e. The molecule has 18 heavy (non-hydrogen) atoms. The Morgan fingerprint density at radius 3 is 2.39 bits per heavy atom. The monoisotopic (exact) mass is 245 g/mol. The van der Waals surface area contributed by atoms with Gasteiger partial charge >= 0.3 is 5.97 Å². The molecule has 0 saturated heterocycles. The lowest BCUT2D eigenvalue weighted by Crippen LogP contribution is -2.33. The van der Waals surface area contributed by atoms with Gasteiger partial charge in [0, 0.05) is 0 Å². The summed E-state index contributed by atoms with van der Waals surface area (Å²) in [7, 11) is 0. The van der Waals surface area contributed by atoms with E-state index in [2.05, 4.69) is 5.32 Å². The molecule has 0 spiro atoms. The second-order valence-electron chi connectivity index (χ2n) is 3.63. The van der Waals surface area contributed by atoms with Crippen molar-refractivity contribution < 1.29 is 19.1 Å². The normalized spacial score (nSPS) is 11.8. The third kappa shape index (κ3) is 2.57. The number of carbonyl (C=O) groups is 2. The Hall–Kier alpha value is -2.56. The van der Waals surface area contributed by atoms with Crippen molar-refractivity contribution in [2.24, 2.45) is 0 Å². The lowest BCUT2D eigenvalue weighted by atomic mass is 10.1. The van der Waals surface area contributed by atoms with Crippen LogP contribution in [0.3, 0.4) is 0 Å². The zero-order chi connectivity index (χ0) is 13.0. The van der Waals surface area contributed by atoms with E-state index < -0.39 is 17.9 Å². The third-order valence-corrected chi connectivity index (χ3v) is 2.40. The summed E-state index contributed by atoms with van der Waals surface area (Å²) in [5.41, 5.74) is 0.505. The van der Waals surface area contributed by atoms with Gasteiger partial charge in [0.25, 0.3) is 5.91 Å². The number of furan rings is 1. The van der Waals surface area contributed by atoms with Crippen molar-refractivity contribution in [2.75, 3.05) is 0 Å². The fourth-order valence-corrected chi connectivity index (χ4v) is 1.54. The van der Waals surface area contributed by atoms with Crippen LogP contribution in [0.2, 0.25) is 0 Å². The summed E-state index contributed by atoms with van der Waals surface area (Å²) in [6.45, 7) is 0. The summed E-state index contributed by atoms with van der Waals surface area (Å²) in [6.07, 6.45) is 1.35. The van der Waals surface area contributed by atoms with E-state index in [0.29, 0.717) is 5.56 Å². The molecule has 5 nitrogen and oxygen atoms in total. The van der Waals surface area contributed by atoms with Crippen LogP contribution in [0.25, 0.3) is 0 Å². The highest BCUT2D eigenvalue weighted by molar-refractivity contribution is 5.94. The minimum absolute atomic E-state index is 0.0807. The average Bonchev–Trinajstić information content (AvgIpc) is 2.90. The first-order valence-electron chi connectivity index (χ1n) is 5.30. The first-order valence-corrected chi connectivity index (χ1v) is 5.30. The lowest BCUT2D eigenvalue weighted by molar-refractivity contribution is -0.139. The lowest BCUT2D eigenvalue weighted by Gasteiger charge is -2.13. The molecular weight excluding hydrogens is 234 g/mol. The number of amides is 1. The van der Waals surface area contributed by atoms with Crippen LogP contribution in [0, 0.1) is 0 Å². The van der Waals surface area contributed by atoms with Gasteiger partial charge in [0.15, 0.2) is 11.8 Å². The van der Waals surface area contributed by atoms with Crippen LogP contribution >= 0.6 is 0 Å². The molecule has 1 atom stereocenters. The highest BCUT2D eigenvalue weighted by Crippen LogP contribution is 2.13. The van der Waals surface area contributed by atoms with Gasteiger partial charge in [0.05, 0.1) is 6.26 Å². The standard InChI is InChI=1S/C13H11NO4/c15-12(10-7-4-8-18-10)14-11(13(16)17)9-5-2-1-3-6-9/h1-8,11H,(H,14,15)(H,16,17)/t11-/m0/s1. The number of carboxylic acid groups (broad SMARTS) is 1. The smallest absolute Gasteiger partial charge is 0.330 e. The van der Waals surface area contributed by atoms with Crippen molar-refractivity contribution in [3.05, 3.63) is 60.1 Å². The van der Waals surface area contributed by atoms with E-state index in [-0.39, 0.29) is 5.76 Å². The fourth-order valence-electron chi connectivity index (χ4n) is 1.54. The second-order valence-corrected chi connectivity index (χ2v) is 3.63. The van der Waals surface area contributed by atoms with Crippen LogP contribution in [-0.4, -0.2) is 17.0 Å². The summed E-state index contributed by atoms with van der Waals surface area (Å²) >= 11 is 0. The fraction of sp³-hybridized carbons (Fsp3) is 0.0769. The van der Waals surface area contributed by atoms with Crippen LogP contribution in [-0.2, 0) is 4.79 Å². The molecule has 2 N–H and O–H groups in total. The van der Waals surface area contributed by atoms with E-state index in [1.54, 1.807) is 36.4 Å². The predicted molar refractivity (Wildman–Crippen MR) is 63.0 cm³/mol. The Kier molecular flexibility index (Phi) is 3.43. The van der Waals surface area contributed by atoms with Gasteiger partial charge in [-0.05, 0) is 17.7 Å². The molecule has 0 bridgehead atoms. The molecule has 1 aromatic carbocycles. The molecule has 92 valence electrons. The quantitative estimate of drug-likeness (QED) is 0.861. The van der Waals surface area contributed by atoms with Crippen LogP contribution in [0.5, 0.6) is 0 Å². The Balaban J connectivity index is 2.18. The molecular formula is C13H11NO4. The number of hydrogen-bond acceptors (Lipinski definition) is 3. The molecule has 2 rings (SSSR count). The van der Waals surface area contributed by atoms with Gasteiger partial charge < -0.3 is 14.8 Å². The zero-order valence-corrected chi connectivity index (χ0v) is 9.37. The maximum absolute atomic E-state index is 11.7. The molecule has 0 saturated carbocycles. The van der Waals surface area contributed by atoms with Crippen molar-refractivity contribution in [2.45, 2.75) is 6.04 Å². The SMILES string of the molecule is O=C(N[C@H](C(=O)O)c1ccccc1)c1ccco1. The highest BCUT2D eigenvalue weighted by atomic mass is 16.4. The van der Waals surface area contributed by atoms with Crippen LogP contribution < -0.4 is 5.32 Å². The predicted octanol–water partition coefficient (Wildman–Crippen LogP) is 1.84. The van der Waals surface area contributed by atoms with Crippen LogP contribution in [0.15, 0.2) is 53.1 Å². The summed E-state index contributed by atoms with van der Waals surface area (Å²) in [4.78, 5) is 22.9. The summed E-state index contributed by atoms with van der Waals surface area (Å²) in [6, 6.07) is 10.4. The van der Waals surface area contributed by atoms with E-state index >= 15 is 0 Å². The minimum Gasteiger partial charge on any atom is -0.479 e. The van der Waals surface area contributed by atoms with E-state index in [9.17, 15) is 9.59 Å². The molecule has 1 aromatic heterocycles.